The summed E-state index contributed by atoms with van der Waals surface area (Å²) in [5, 5.41) is 0. The lowest BCUT2D eigenvalue weighted by Crippen LogP contribution is -1.99. The van der Waals surface area contributed by atoms with Crippen molar-refractivity contribution in [1.29, 1.82) is 0 Å². The highest BCUT2D eigenvalue weighted by molar-refractivity contribution is 5.91. The van der Waals surface area contributed by atoms with Gasteiger partial charge in [0.15, 0.2) is 6.29 Å². The molecule has 0 aliphatic heterocycles. The lowest BCUT2D eigenvalue weighted by Gasteiger charge is -2.12. The predicted octanol–water partition coefficient (Wildman–Crippen LogP) is 4.88. The molecule has 0 heterocycles. The summed E-state index contributed by atoms with van der Waals surface area (Å²) < 4.78 is 18.9. The Morgan fingerprint density at radius 2 is 1.61 bits per heavy atom. The molecule has 0 aliphatic rings. The Morgan fingerprint density at radius 1 is 0.870 bits per heavy atom. The Hall–Kier alpha value is -2.94. The number of hydrogen-bond acceptors (Lipinski definition) is 2. The molecule has 0 N–H and O–H groups in total. The van der Waals surface area contributed by atoms with E-state index in [4.69, 9.17) is 4.74 Å². The number of benzene rings is 3. The van der Waals surface area contributed by atoms with E-state index in [1.54, 1.807) is 18.2 Å². The monoisotopic (exact) mass is 306 g/mol. The Morgan fingerprint density at radius 3 is 2.30 bits per heavy atom. The first-order chi connectivity index (χ1) is 11.3. The van der Waals surface area contributed by atoms with Crippen LogP contribution >= 0.6 is 0 Å². The van der Waals surface area contributed by atoms with Crippen molar-refractivity contribution in [3.63, 3.8) is 0 Å². The van der Waals surface area contributed by atoms with Gasteiger partial charge in [-0.05, 0) is 34.9 Å². The van der Waals surface area contributed by atoms with Crippen molar-refractivity contribution >= 4 is 6.29 Å². The molecule has 0 atom stereocenters. The molecule has 0 unspecified atom stereocenters. The van der Waals surface area contributed by atoms with Gasteiger partial charge >= 0.3 is 0 Å². The van der Waals surface area contributed by atoms with Gasteiger partial charge in [-0.15, -0.1) is 0 Å². The first-order valence-electron chi connectivity index (χ1n) is 7.29. The van der Waals surface area contributed by atoms with Gasteiger partial charge in [-0.1, -0.05) is 54.6 Å². The van der Waals surface area contributed by atoms with E-state index in [1.165, 1.54) is 12.1 Å². The topological polar surface area (TPSA) is 26.3 Å². The Balaban J connectivity index is 1.91. The zero-order valence-corrected chi connectivity index (χ0v) is 12.4. The minimum atomic E-state index is -0.308. The van der Waals surface area contributed by atoms with Crippen LogP contribution in [0.2, 0.25) is 0 Å². The van der Waals surface area contributed by atoms with Crippen molar-refractivity contribution in [1.82, 2.24) is 0 Å². The predicted molar refractivity (Wildman–Crippen MR) is 88.0 cm³/mol. The molecule has 0 saturated heterocycles. The van der Waals surface area contributed by atoms with Crippen LogP contribution in [0.4, 0.5) is 4.39 Å². The smallest absolute Gasteiger partial charge is 0.154 e. The second-order valence-corrected chi connectivity index (χ2v) is 5.12. The average Bonchev–Trinajstić information content (AvgIpc) is 2.61. The number of carbonyl (C=O) groups excluding carboxylic acids is 1. The van der Waals surface area contributed by atoms with Gasteiger partial charge in [-0.2, -0.15) is 0 Å². The lowest BCUT2D eigenvalue weighted by atomic mass is 9.99. The van der Waals surface area contributed by atoms with Gasteiger partial charge < -0.3 is 4.74 Å². The van der Waals surface area contributed by atoms with Crippen molar-refractivity contribution in [2.45, 2.75) is 6.61 Å². The molecular weight excluding hydrogens is 291 g/mol. The van der Waals surface area contributed by atoms with E-state index in [9.17, 15) is 9.18 Å². The molecule has 0 aliphatic carbocycles. The molecule has 0 radical (unpaired) electrons. The van der Waals surface area contributed by atoms with Crippen LogP contribution in [0.25, 0.3) is 11.1 Å². The van der Waals surface area contributed by atoms with Crippen LogP contribution in [0, 0.1) is 5.82 Å². The Kier molecular flexibility index (Phi) is 4.48. The van der Waals surface area contributed by atoms with E-state index >= 15 is 0 Å². The average molecular weight is 306 g/mol. The van der Waals surface area contributed by atoms with Gasteiger partial charge in [0, 0.05) is 0 Å². The summed E-state index contributed by atoms with van der Waals surface area (Å²) in [6.07, 6.45) is 0.777. The van der Waals surface area contributed by atoms with E-state index in [0.29, 0.717) is 17.9 Å². The maximum Gasteiger partial charge on any atom is 0.154 e. The maximum absolute atomic E-state index is 13.1. The summed E-state index contributed by atoms with van der Waals surface area (Å²) >= 11 is 0. The number of carbonyl (C=O) groups is 1. The maximum atomic E-state index is 13.1. The first kappa shape index (κ1) is 15.0. The highest BCUT2D eigenvalue weighted by Crippen LogP contribution is 2.30. The van der Waals surface area contributed by atoms with Crippen LogP contribution in [-0.4, -0.2) is 6.29 Å². The molecule has 0 aromatic heterocycles. The largest absolute Gasteiger partial charge is 0.488 e. The standard InChI is InChI=1S/C20H15FO2/c21-17-11-9-16(10-12-17)18-7-4-8-20(19(18)13-22)23-14-15-5-2-1-3-6-15/h1-13H,14H2. The third kappa shape index (κ3) is 3.46. The molecule has 3 heteroatoms. The van der Waals surface area contributed by atoms with Crippen molar-refractivity contribution in [2.75, 3.05) is 0 Å². The molecular formula is C20H15FO2. The quantitative estimate of drug-likeness (QED) is 0.628. The number of halogens is 1. The normalized spacial score (nSPS) is 10.3. The van der Waals surface area contributed by atoms with Crippen LogP contribution in [0.15, 0.2) is 72.8 Å². The highest BCUT2D eigenvalue weighted by atomic mass is 19.1. The fourth-order valence-corrected chi connectivity index (χ4v) is 2.41. The number of hydrogen-bond donors (Lipinski definition) is 0. The van der Waals surface area contributed by atoms with Gasteiger partial charge in [0.1, 0.15) is 18.2 Å². The van der Waals surface area contributed by atoms with Crippen LogP contribution in [0.3, 0.4) is 0 Å². The van der Waals surface area contributed by atoms with E-state index in [-0.39, 0.29) is 5.82 Å². The lowest BCUT2D eigenvalue weighted by molar-refractivity contribution is 0.111. The SMILES string of the molecule is O=Cc1c(OCc2ccccc2)cccc1-c1ccc(F)cc1. The zero-order valence-electron chi connectivity index (χ0n) is 12.4. The van der Waals surface area contributed by atoms with Gasteiger partial charge in [-0.25, -0.2) is 4.39 Å². The molecule has 0 fully saturated rings. The molecule has 0 spiro atoms. The second kappa shape index (κ2) is 6.88. The summed E-state index contributed by atoms with van der Waals surface area (Å²) in [6.45, 7) is 0.383. The number of aldehydes is 1. The first-order valence-corrected chi connectivity index (χ1v) is 7.29. The van der Waals surface area contributed by atoms with Crippen molar-refractivity contribution in [3.8, 4) is 16.9 Å². The molecule has 0 bridgehead atoms. The van der Waals surface area contributed by atoms with Crippen LogP contribution in [-0.2, 0) is 6.61 Å². The minimum Gasteiger partial charge on any atom is -0.488 e. The Labute approximate surface area is 134 Å². The molecule has 3 aromatic carbocycles. The van der Waals surface area contributed by atoms with Gasteiger partial charge in [0.2, 0.25) is 0 Å². The summed E-state index contributed by atoms with van der Waals surface area (Å²) in [5.41, 5.74) is 3.00. The van der Waals surface area contributed by atoms with E-state index in [0.717, 1.165) is 23.0 Å². The van der Waals surface area contributed by atoms with Gasteiger partial charge in [0.05, 0.1) is 5.56 Å². The fourth-order valence-electron chi connectivity index (χ4n) is 2.41. The third-order valence-electron chi connectivity index (χ3n) is 3.58. The molecule has 23 heavy (non-hydrogen) atoms. The number of rotatable bonds is 5. The summed E-state index contributed by atoms with van der Waals surface area (Å²) in [4.78, 5) is 11.5. The van der Waals surface area contributed by atoms with Crippen LogP contribution in [0.1, 0.15) is 15.9 Å². The van der Waals surface area contributed by atoms with Crippen molar-refractivity contribution in [3.05, 3.63) is 89.7 Å². The summed E-state index contributed by atoms with van der Waals surface area (Å²) in [6, 6.07) is 21.2. The molecule has 3 aromatic rings. The molecule has 3 rings (SSSR count). The molecule has 0 saturated carbocycles. The van der Waals surface area contributed by atoms with Gasteiger partial charge in [0.25, 0.3) is 0 Å². The highest BCUT2D eigenvalue weighted by Gasteiger charge is 2.11. The Bertz CT molecular complexity index is 796. The summed E-state index contributed by atoms with van der Waals surface area (Å²) in [5.74, 6) is 0.212. The van der Waals surface area contributed by atoms with Crippen LogP contribution < -0.4 is 4.74 Å². The van der Waals surface area contributed by atoms with E-state index < -0.39 is 0 Å². The molecule has 0 amide bonds. The van der Waals surface area contributed by atoms with E-state index in [1.807, 2.05) is 42.5 Å². The zero-order chi connectivity index (χ0) is 16.1. The van der Waals surface area contributed by atoms with Crippen LogP contribution in [0.5, 0.6) is 5.75 Å². The van der Waals surface area contributed by atoms with Crippen molar-refractivity contribution < 1.29 is 13.9 Å². The van der Waals surface area contributed by atoms with Gasteiger partial charge in [-0.3, -0.25) is 4.79 Å². The minimum absolute atomic E-state index is 0.308. The second-order valence-electron chi connectivity index (χ2n) is 5.12. The summed E-state index contributed by atoms with van der Waals surface area (Å²) in [7, 11) is 0. The molecule has 114 valence electrons. The van der Waals surface area contributed by atoms with E-state index in [2.05, 4.69) is 0 Å². The number of ether oxygens (including phenoxy) is 1. The fraction of sp³-hybridized carbons (Fsp3) is 0.0500. The molecule has 2 nitrogen and oxygen atoms in total. The van der Waals surface area contributed by atoms with Crippen molar-refractivity contribution in [2.24, 2.45) is 0 Å². The third-order valence-corrected chi connectivity index (χ3v) is 3.58.